The summed E-state index contributed by atoms with van der Waals surface area (Å²) in [5.41, 5.74) is -0.724. The summed E-state index contributed by atoms with van der Waals surface area (Å²) in [6.07, 6.45) is 1.46. The van der Waals surface area contributed by atoms with Crippen molar-refractivity contribution < 1.29 is 0 Å². The highest BCUT2D eigenvalue weighted by atomic mass is 32.1. The van der Waals surface area contributed by atoms with Crippen LogP contribution in [0.2, 0.25) is 0 Å². The Bertz CT molecular complexity index is 564. The number of thiophene rings is 1. The minimum absolute atomic E-state index is 0.185. The minimum Gasteiger partial charge on any atom is -0.281 e. The molecule has 0 atom stereocenters. The lowest BCUT2D eigenvalue weighted by Gasteiger charge is -1.72. The van der Waals surface area contributed by atoms with E-state index in [0.29, 0.717) is 5.69 Å². The fourth-order valence-electron chi connectivity index (χ4n) is 1.08. The molecule has 0 bridgehead atoms. The number of hydrogen-bond acceptors (Lipinski definition) is 5. The van der Waals surface area contributed by atoms with E-state index in [1.165, 1.54) is 12.3 Å². The van der Waals surface area contributed by atoms with Crippen LogP contribution in [0.15, 0.2) is 44.7 Å². The Balaban J connectivity index is 0.000000144. The molecule has 0 fully saturated rings. The number of rotatable bonds is 0. The lowest BCUT2D eigenvalue weighted by atomic mass is 10.4. The first-order valence-electron chi connectivity index (χ1n) is 4.18. The number of fused-ring (bicyclic) bond motifs is 1. The van der Waals surface area contributed by atoms with Gasteiger partial charge >= 0.3 is 5.56 Å². The first-order chi connectivity index (χ1) is 7.29. The van der Waals surface area contributed by atoms with E-state index in [-0.39, 0.29) is 5.69 Å². The predicted octanol–water partition coefficient (Wildman–Crippen LogP) is 0.926. The highest BCUT2D eigenvalue weighted by Crippen LogP contribution is 2.08. The first kappa shape index (κ1) is 9.67. The molecule has 15 heavy (non-hydrogen) atoms. The van der Waals surface area contributed by atoms with Gasteiger partial charge < -0.3 is 0 Å². The van der Waals surface area contributed by atoms with Crippen molar-refractivity contribution in [3.05, 3.63) is 55.7 Å². The molecule has 2 aliphatic rings. The fraction of sp³-hybridized carbons (Fsp3) is 0. The Hall–Kier alpha value is -1.88. The Morgan fingerprint density at radius 1 is 1.13 bits per heavy atom. The molecule has 3 rings (SSSR count). The van der Waals surface area contributed by atoms with Gasteiger partial charge in [0.1, 0.15) is 5.69 Å². The Morgan fingerprint density at radius 3 is 2.40 bits per heavy atom. The van der Waals surface area contributed by atoms with Crippen LogP contribution in [0.4, 0.5) is 0 Å². The zero-order valence-corrected chi connectivity index (χ0v) is 8.40. The highest BCUT2D eigenvalue weighted by molar-refractivity contribution is 7.07. The summed E-state index contributed by atoms with van der Waals surface area (Å²) in [5, 5.41) is 4.08. The summed E-state index contributed by atoms with van der Waals surface area (Å²) in [6.45, 7) is 0. The lowest BCUT2D eigenvalue weighted by molar-refractivity contribution is 1.30. The zero-order chi connectivity index (χ0) is 10.7. The largest absolute Gasteiger partial charge is 0.320 e. The molecule has 0 radical (unpaired) electrons. The van der Waals surface area contributed by atoms with Gasteiger partial charge in [-0.15, -0.1) is 0 Å². The van der Waals surface area contributed by atoms with E-state index in [2.05, 4.69) is 9.97 Å². The molecule has 0 saturated carbocycles. The van der Waals surface area contributed by atoms with Crippen LogP contribution in [0.3, 0.4) is 0 Å². The van der Waals surface area contributed by atoms with Gasteiger partial charge in [-0.05, 0) is 16.8 Å². The van der Waals surface area contributed by atoms with Crippen molar-refractivity contribution in [2.45, 2.75) is 0 Å². The SMILES string of the molecule is O=c1nc2ccnc-2c1=O.c1ccsc1. The average molecular weight is 218 g/mol. The van der Waals surface area contributed by atoms with Crippen molar-refractivity contribution in [3.63, 3.8) is 0 Å². The maximum Gasteiger partial charge on any atom is 0.320 e. The molecule has 0 aliphatic carbocycles. The topological polar surface area (TPSA) is 59.9 Å². The van der Waals surface area contributed by atoms with Crippen LogP contribution in [0.5, 0.6) is 0 Å². The van der Waals surface area contributed by atoms with Gasteiger partial charge in [0, 0.05) is 6.20 Å². The normalized spacial score (nSPS) is 9.87. The third-order valence-electron chi connectivity index (χ3n) is 1.74. The molecule has 5 heteroatoms. The van der Waals surface area contributed by atoms with Crippen molar-refractivity contribution in [1.29, 1.82) is 0 Å². The maximum atomic E-state index is 10.8. The Labute approximate surface area is 88.9 Å². The van der Waals surface area contributed by atoms with Crippen LogP contribution < -0.4 is 11.0 Å². The summed E-state index contributed by atoms with van der Waals surface area (Å²) >= 11 is 1.71. The Kier molecular flexibility index (Phi) is 2.64. The third kappa shape index (κ3) is 1.97. The number of aromatic nitrogens is 2. The average Bonchev–Trinajstić information content (AvgIpc) is 2.91. The predicted molar refractivity (Wildman–Crippen MR) is 57.9 cm³/mol. The second-order valence-electron chi connectivity index (χ2n) is 2.72. The molecule has 1 aromatic rings. The van der Waals surface area contributed by atoms with Crippen LogP contribution in [0, 0.1) is 0 Å². The monoisotopic (exact) mass is 218 g/mol. The van der Waals surface area contributed by atoms with E-state index < -0.39 is 11.0 Å². The highest BCUT2D eigenvalue weighted by Gasteiger charge is 2.14. The van der Waals surface area contributed by atoms with Gasteiger partial charge in [-0.25, -0.2) is 4.98 Å². The zero-order valence-electron chi connectivity index (χ0n) is 7.58. The molecule has 0 spiro atoms. The fourth-order valence-corrected chi connectivity index (χ4v) is 1.53. The van der Waals surface area contributed by atoms with Crippen LogP contribution in [0.25, 0.3) is 11.4 Å². The van der Waals surface area contributed by atoms with Crippen molar-refractivity contribution in [2.24, 2.45) is 0 Å². The minimum atomic E-state index is -0.710. The standard InChI is InChI=1S/C6H2N2O2.C4H4S/c9-5-4-3(1-2-7-4)8-6(5)10;1-2-4-5-3-1/h1-2H;1-4H. The maximum absolute atomic E-state index is 10.8. The van der Waals surface area contributed by atoms with Gasteiger partial charge in [0.05, 0.1) is 5.69 Å². The van der Waals surface area contributed by atoms with E-state index in [1.807, 2.05) is 22.9 Å². The van der Waals surface area contributed by atoms with Crippen molar-refractivity contribution >= 4 is 11.3 Å². The molecule has 0 amide bonds. The van der Waals surface area contributed by atoms with Crippen LogP contribution in [0.1, 0.15) is 0 Å². The van der Waals surface area contributed by atoms with Crippen molar-refractivity contribution in [2.75, 3.05) is 0 Å². The molecule has 2 aliphatic heterocycles. The molecule has 0 saturated heterocycles. The molecule has 0 N–H and O–H groups in total. The quantitative estimate of drug-likeness (QED) is 0.526. The molecule has 1 aromatic heterocycles. The summed E-state index contributed by atoms with van der Waals surface area (Å²) in [4.78, 5) is 28.4. The summed E-state index contributed by atoms with van der Waals surface area (Å²) in [6, 6.07) is 5.58. The molecule has 3 heterocycles. The van der Waals surface area contributed by atoms with E-state index in [4.69, 9.17) is 0 Å². The smallest absolute Gasteiger partial charge is 0.281 e. The molecular weight excluding hydrogens is 212 g/mol. The van der Waals surface area contributed by atoms with Gasteiger partial charge in [-0.3, -0.25) is 14.6 Å². The Morgan fingerprint density at radius 2 is 1.87 bits per heavy atom. The number of hydrogen-bond donors (Lipinski definition) is 0. The van der Waals surface area contributed by atoms with E-state index in [0.717, 1.165) is 0 Å². The third-order valence-corrected chi connectivity index (χ3v) is 2.36. The molecular formula is C10H6N2O2S. The van der Waals surface area contributed by atoms with E-state index in [1.54, 1.807) is 11.3 Å². The van der Waals surface area contributed by atoms with Gasteiger partial charge in [-0.1, -0.05) is 12.1 Å². The molecule has 0 aromatic carbocycles. The van der Waals surface area contributed by atoms with Gasteiger partial charge in [0.2, 0.25) is 0 Å². The summed E-state index contributed by atoms with van der Waals surface area (Å²) in [7, 11) is 0. The first-order valence-corrected chi connectivity index (χ1v) is 5.12. The second-order valence-corrected chi connectivity index (χ2v) is 3.53. The second kappa shape index (κ2) is 4.10. The molecule has 74 valence electrons. The summed E-state index contributed by atoms with van der Waals surface area (Å²) < 4.78 is 0. The lowest BCUT2D eigenvalue weighted by Crippen LogP contribution is -2.19. The van der Waals surface area contributed by atoms with Gasteiger partial charge in [-0.2, -0.15) is 11.3 Å². The van der Waals surface area contributed by atoms with Gasteiger partial charge in [0.15, 0.2) is 0 Å². The summed E-state index contributed by atoms with van der Waals surface area (Å²) in [5.74, 6) is 0. The molecule has 0 unspecified atom stereocenters. The van der Waals surface area contributed by atoms with Crippen LogP contribution >= 0.6 is 11.3 Å². The van der Waals surface area contributed by atoms with E-state index in [9.17, 15) is 9.59 Å². The molecule has 4 nitrogen and oxygen atoms in total. The van der Waals surface area contributed by atoms with E-state index >= 15 is 0 Å². The van der Waals surface area contributed by atoms with Crippen molar-refractivity contribution in [1.82, 2.24) is 9.97 Å². The van der Waals surface area contributed by atoms with Crippen LogP contribution in [-0.2, 0) is 0 Å². The number of nitrogens with zero attached hydrogens (tertiary/aromatic N) is 2. The van der Waals surface area contributed by atoms with Crippen molar-refractivity contribution in [3.8, 4) is 11.4 Å². The van der Waals surface area contributed by atoms with Gasteiger partial charge in [0.25, 0.3) is 5.43 Å². The van der Waals surface area contributed by atoms with Crippen LogP contribution in [-0.4, -0.2) is 9.97 Å².